The standard InChI is InChI=1S/C26H27N3O7S/c1-15-19-22(30)29(26(2,3)24(31)32)25(33)28(23(19)37-20(15)21-27-10-12-35-21)13-18(16-7-5-4-6-8-16)36-17-9-11-34-14-17/h4-8,10,12,17-18H,9,11,13-14H2,1-3H3,(H,31,32)/t17-,18+/m0/s1. The summed E-state index contributed by atoms with van der Waals surface area (Å²) >= 11 is 1.21. The van der Waals surface area contributed by atoms with E-state index in [0.717, 1.165) is 16.6 Å². The molecule has 1 saturated heterocycles. The predicted octanol–water partition coefficient (Wildman–Crippen LogP) is 3.55. The van der Waals surface area contributed by atoms with Gasteiger partial charge in [0.25, 0.3) is 5.56 Å². The molecule has 0 radical (unpaired) electrons. The lowest BCUT2D eigenvalue weighted by Crippen LogP contribution is -2.52. The summed E-state index contributed by atoms with van der Waals surface area (Å²) in [6.45, 7) is 5.53. The van der Waals surface area contributed by atoms with Crippen molar-refractivity contribution in [1.29, 1.82) is 0 Å². The molecule has 2 atom stereocenters. The maximum atomic E-state index is 13.9. The average Bonchev–Trinajstić information content (AvgIpc) is 3.63. The van der Waals surface area contributed by atoms with Crippen molar-refractivity contribution < 1.29 is 23.8 Å². The summed E-state index contributed by atoms with van der Waals surface area (Å²) in [5.41, 5.74) is -1.76. The summed E-state index contributed by atoms with van der Waals surface area (Å²) in [6, 6.07) is 9.50. The van der Waals surface area contributed by atoms with Crippen LogP contribution in [0.25, 0.3) is 21.0 Å². The molecule has 1 fully saturated rings. The zero-order chi connectivity index (χ0) is 26.3. The molecule has 1 aliphatic rings. The predicted molar refractivity (Wildman–Crippen MR) is 137 cm³/mol. The maximum Gasteiger partial charge on any atom is 0.333 e. The zero-order valence-electron chi connectivity index (χ0n) is 20.7. The van der Waals surface area contributed by atoms with E-state index in [4.69, 9.17) is 13.9 Å². The fourth-order valence-electron chi connectivity index (χ4n) is 4.55. The summed E-state index contributed by atoms with van der Waals surface area (Å²) in [7, 11) is 0. The molecule has 1 N–H and O–H groups in total. The molecule has 37 heavy (non-hydrogen) atoms. The van der Waals surface area contributed by atoms with E-state index in [1.165, 1.54) is 42.2 Å². The molecular formula is C26H27N3O7S. The van der Waals surface area contributed by atoms with Crippen LogP contribution in [0, 0.1) is 6.92 Å². The lowest BCUT2D eigenvalue weighted by Gasteiger charge is -2.26. The van der Waals surface area contributed by atoms with Crippen LogP contribution in [-0.4, -0.2) is 44.5 Å². The van der Waals surface area contributed by atoms with Gasteiger partial charge >= 0.3 is 11.7 Å². The lowest BCUT2D eigenvalue weighted by molar-refractivity contribution is -0.146. The van der Waals surface area contributed by atoms with Crippen molar-refractivity contribution in [1.82, 2.24) is 14.1 Å². The minimum absolute atomic E-state index is 0.0663. The number of carbonyl (C=O) groups is 1. The Kier molecular flexibility index (Phi) is 6.61. The first kappa shape index (κ1) is 25.1. The number of benzene rings is 1. The van der Waals surface area contributed by atoms with Gasteiger partial charge in [-0.3, -0.25) is 9.36 Å². The first-order valence-corrected chi connectivity index (χ1v) is 12.7. The van der Waals surface area contributed by atoms with Crippen LogP contribution in [0.2, 0.25) is 0 Å². The van der Waals surface area contributed by atoms with E-state index in [-0.39, 0.29) is 18.0 Å². The monoisotopic (exact) mass is 525 g/mol. The Morgan fingerprint density at radius 1 is 1.30 bits per heavy atom. The summed E-state index contributed by atoms with van der Waals surface area (Å²) in [5, 5.41) is 10.2. The molecule has 11 heteroatoms. The number of carboxylic acid groups (broad SMARTS) is 1. The van der Waals surface area contributed by atoms with Gasteiger partial charge in [-0.1, -0.05) is 30.3 Å². The van der Waals surface area contributed by atoms with E-state index >= 15 is 0 Å². The highest BCUT2D eigenvalue weighted by molar-refractivity contribution is 7.22. The highest BCUT2D eigenvalue weighted by Gasteiger charge is 2.36. The summed E-state index contributed by atoms with van der Waals surface area (Å²) in [4.78, 5) is 45.0. The number of thiophene rings is 1. The van der Waals surface area contributed by atoms with Gasteiger partial charge in [0.1, 0.15) is 22.7 Å². The molecule has 4 heterocycles. The number of carboxylic acids is 1. The average molecular weight is 526 g/mol. The van der Waals surface area contributed by atoms with Crippen molar-refractivity contribution in [3.05, 3.63) is 74.8 Å². The number of aryl methyl sites for hydroxylation is 1. The Morgan fingerprint density at radius 3 is 2.68 bits per heavy atom. The van der Waals surface area contributed by atoms with Crippen molar-refractivity contribution in [2.45, 2.75) is 51.5 Å². The summed E-state index contributed by atoms with van der Waals surface area (Å²) in [5.74, 6) is -0.975. The Hall–Kier alpha value is -3.54. The Balaban J connectivity index is 1.75. The fourth-order valence-corrected chi connectivity index (χ4v) is 5.79. The number of hydrogen-bond donors (Lipinski definition) is 1. The van der Waals surface area contributed by atoms with E-state index in [1.807, 2.05) is 30.3 Å². The molecule has 4 aromatic rings. The summed E-state index contributed by atoms with van der Waals surface area (Å²) < 4.78 is 19.6. The van der Waals surface area contributed by atoms with Gasteiger partial charge in [0.05, 0.1) is 35.7 Å². The summed E-state index contributed by atoms with van der Waals surface area (Å²) in [6.07, 6.45) is 2.97. The molecule has 0 aliphatic carbocycles. The molecule has 3 aromatic heterocycles. The second kappa shape index (κ2) is 9.73. The van der Waals surface area contributed by atoms with E-state index in [9.17, 15) is 19.5 Å². The van der Waals surface area contributed by atoms with Gasteiger partial charge in [-0.15, -0.1) is 11.3 Å². The van der Waals surface area contributed by atoms with Crippen LogP contribution in [0.1, 0.15) is 37.5 Å². The van der Waals surface area contributed by atoms with E-state index in [1.54, 1.807) is 6.92 Å². The van der Waals surface area contributed by atoms with Crippen LogP contribution in [0.4, 0.5) is 0 Å². The number of hydrogen-bond acceptors (Lipinski definition) is 8. The van der Waals surface area contributed by atoms with Gasteiger partial charge < -0.3 is 19.0 Å². The van der Waals surface area contributed by atoms with Gasteiger partial charge in [0.2, 0.25) is 5.89 Å². The third-order valence-electron chi connectivity index (χ3n) is 6.69. The molecule has 0 spiro atoms. The number of rotatable bonds is 8. The molecule has 10 nitrogen and oxygen atoms in total. The number of nitrogens with zero attached hydrogens (tertiary/aromatic N) is 3. The zero-order valence-corrected chi connectivity index (χ0v) is 21.5. The van der Waals surface area contributed by atoms with Crippen LogP contribution in [-0.2, 0) is 26.4 Å². The molecule has 1 aromatic carbocycles. The van der Waals surface area contributed by atoms with Crippen LogP contribution >= 0.6 is 11.3 Å². The first-order valence-electron chi connectivity index (χ1n) is 11.9. The number of fused-ring (bicyclic) bond motifs is 1. The molecule has 194 valence electrons. The van der Waals surface area contributed by atoms with Gasteiger partial charge in [-0.2, -0.15) is 0 Å². The van der Waals surface area contributed by atoms with Crippen LogP contribution in [0.5, 0.6) is 0 Å². The van der Waals surface area contributed by atoms with Crippen LogP contribution in [0.3, 0.4) is 0 Å². The minimum Gasteiger partial charge on any atom is -0.480 e. The van der Waals surface area contributed by atoms with Crippen LogP contribution < -0.4 is 11.2 Å². The van der Waals surface area contributed by atoms with Crippen LogP contribution in [0.15, 0.2) is 56.8 Å². The van der Waals surface area contributed by atoms with E-state index < -0.39 is 28.9 Å². The Morgan fingerprint density at radius 2 is 2.05 bits per heavy atom. The van der Waals surface area contributed by atoms with Crippen molar-refractivity contribution >= 4 is 27.5 Å². The number of ether oxygens (including phenoxy) is 2. The molecule has 0 saturated carbocycles. The van der Waals surface area contributed by atoms with E-state index in [2.05, 4.69) is 4.98 Å². The number of aliphatic carboxylic acids is 1. The van der Waals surface area contributed by atoms with Gasteiger partial charge in [0, 0.05) is 6.61 Å². The second-order valence-corrected chi connectivity index (χ2v) is 10.5. The minimum atomic E-state index is -1.79. The second-order valence-electron chi connectivity index (χ2n) is 9.49. The first-order chi connectivity index (χ1) is 17.7. The molecule has 1 aliphatic heterocycles. The van der Waals surface area contributed by atoms with E-state index in [0.29, 0.717) is 34.4 Å². The van der Waals surface area contributed by atoms with Crippen molar-refractivity contribution in [3.63, 3.8) is 0 Å². The van der Waals surface area contributed by atoms with Crippen molar-refractivity contribution in [2.24, 2.45) is 0 Å². The number of aromatic nitrogens is 3. The molecular weight excluding hydrogens is 498 g/mol. The maximum absolute atomic E-state index is 13.9. The topological polar surface area (TPSA) is 126 Å². The Bertz CT molecular complexity index is 1550. The highest BCUT2D eigenvalue weighted by atomic mass is 32.1. The van der Waals surface area contributed by atoms with Gasteiger partial charge in [-0.25, -0.2) is 19.1 Å². The van der Waals surface area contributed by atoms with Crippen molar-refractivity contribution in [2.75, 3.05) is 13.2 Å². The molecule has 0 bridgehead atoms. The third-order valence-corrected chi connectivity index (χ3v) is 7.99. The van der Waals surface area contributed by atoms with Gasteiger partial charge in [-0.05, 0) is 38.3 Å². The van der Waals surface area contributed by atoms with Gasteiger partial charge in [0.15, 0.2) is 0 Å². The quantitative estimate of drug-likeness (QED) is 0.370. The lowest BCUT2D eigenvalue weighted by atomic mass is 10.1. The largest absolute Gasteiger partial charge is 0.480 e. The molecule has 0 unspecified atom stereocenters. The third kappa shape index (κ3) is 4.43. The number of oxazole rings is 1. The highest BCUT2D eigenvalue weighted by Crippen LogP contribution is 2.36. The normalized spacial score (nSPS) is 16.9. The van der Waals surface area contributed by atoms with Crippen molar-refractivity contribution in [3.8, 4) is 10.8 Å². The fraction of sp³-hybridized carbons (Fsp3) is 0.385. The molecule has 5 rings (SSSR count). The molecule has 0 amide bonds. The smallest absolute Gasteiger partial charge is 0.333 e. The SMILES string of the molecule is Cc1c(-c2ncco2)sc2c1c(=O)n(C(C)(C)C(=O)O)c(=O)n2C[C@@H](O[C@H]1CCOC1)c1ccccc1. The Labute approximate surface area is 215 Å².